The highest BCUT2D eigenvalue weighted by atomic mass is 79.9. The summed E-state index contributed by atoms with van der Waals surface area (Å²) in [5.74, 6) is -2.45. The first-order valence-electron chi connectivity index (χ1n) is 7.25. The molecule has 0 fully saturated rings. The van der Waals surface area contributed by atoms with Crippen molar-refractivity contribution < 1.29 is 22.8 Å². The second kappa shape index (κ2) is 8.13. The Morgan fingerprint density at radius 1 is 1.04 bits per heavy atom. The molecule has 0 aliphatic rings. The average molecular weight is 428 g/mol. The van der Waals surface area contributed by atoms with Crippen LogP contribution in [-0.2, 0) is 4.79 Å². The van der Waals surface area contributed by atoms with Gasteiger partial charge in [-0.1, -0.05) is 34.1 Å². The van der Waals surface area contributed by atoms with Crippen LogP contribution in [0.3, 0.4) is 0 Å². The van der Waals surface area contributed by atoms with Crippen molar-refractivity contribution in [2.45, 2.75) is 13.1 Å². The molecule has 0 spiro atoms. The first kappa shape index (κ1) is 19.6. The standard InChI is InChI=1S/C17H13BrF3N3O2/c1-10(23-24-15(25)12-3-2-4-13(18)9-12)11-5-7-14(8-6-11)22-16(26)17(19,20)21/h2-9H,1H3,(H,22,26)(H,24,25)/b23-10-. The number of hydrogen-bond acceptors (Lipinski definition) is 3. The number of carbonyl (C=O) groups excluding carboxylic acids is 2. The summed E-state index contributed by atoms with van der Waals surface area (Å²) in [6.07, 6.45) is -4.95. The summed E-state index contributed by atoms with van der Waals surface area (Å²) in [4.78, 5) is 22.9. The van der Waals surface area contributed by atoms with Gasteiger partial charge in [0.05, 0.1) is 5.71 Å². The molecule has 2 aromatic carbocycles. The smallest absolute Gasteiger partial charge is 0.318 e. The maximum atomic E-state index is 12.2. The number of rotatable bonds is 4. The van der Waals surface area contributed by atoms with Crippen LogP contribution in [0, 0.1) is 0 Å². The largest absolute Gasteiger partial charge is 0.471 e. The summed E-state index contributed by atoms with van der Waals surface area (Å²) < 4.78 is 37.4. The van der Waals surface area contributed by atoms with Gasteiger partial charge in [-0.2, -0.15) is 18.3 Å². The molecule has 5 nitrogen and oxygen atoms in total. The van der Waals surface area contributed by atoms with Gasteiger partial charge in [-0.05, 0) is 42.8 Å². The van der Waals surface area contributed by atoms with Gasteiger partial charge in [-0.25, -0.2) is 5.43 Å². The van der Waals surface area contributed by atoms with Gasteiger partial charge in [-0.3, -0.25) is 9.59 Å². The molecular formula is C17H13BrF3N3O2. The first-order chi connectivity index (χ1) is 12.2. The molecule has 0 radical (unpaired) electrons. The zero-order chi connectivity index (χ0) is 19.3. The van der Waals surface area contributed by atoms with Gasteiger partial charge in [0.15, 0.2) is 0 Å². The summed E-state index contributed by atoms with van der Waals surface area (Å²) in [5, 5.41) is 5.71. The van der Waals surface area contributed by atoms with E-state index in [1.807, 2.05) is 0 Å². The molecule has 0 atom stereocenters. The summed E-state index contributed by atoms with van der Waals surface area (Å²) in [7, 11) is 0. The fourth-order valence-electron chi connectivity index (χ4n) is 1.89. The van der Waals surface area contributed by atoms with Gasteiger partial charge in [0.2, 0.25) is 0 Å². The maximum absolute atomic E-state index is 12.2. The van der Waals surface area contributed by atoms with E-state index in [-0.39, 0.29) is 5.69 Å². The SMILES string of the molecule is C/C(=N/NC(=O)c1cccc(Br)c1)c1ccc(NC(=O)C(F)(F)F)cc1. The molecule has 0 unspecified atom stereocenters. The van der Waals surface area contributed by atoms with Crippen molar-refractivity contribution in [2.24, 2.45) is 5.10 Å². The van der Waals surface area contributed by atoms with Crippen molar-refractivity contribution in [1.29, 1.82) is 0 Å². The highest BCUT2D eigenvalue weighted by Gasteiger charge is 2.38. The highest BCUT2D eigenvalue weighted by molar-refractivity contribution is 9.10. The topological polar surface area (TPSA) is 70.6 Å². The summed E-state index contributed by atoms with van der Waals surface area (Å²) in [6.45, 7) is 1.63. The van der Waals surface area contributed by atoms with E-state index in [0.717, 1.165) is 4.47 Å². The molecule has 2 N–H and O–H groups in total. The zero-order valence-corrected chi connectivity index (χ0v) is 15.0. The van der Waals surface area contributed by atoms with Crippen molar-refractivity contribution in [3.63, 3.8) is 0 Å². The van der Waals surface area contributed by atoms with Gasteiger partial charge in [0, 0.05) is 15.7 Å². The molecule has 0 saturated heterocycles. The van der Waals surface area contributed by atoms with Crippen LogP contribution in [0.2, 0.25) is 0 Å². The molecule has 136 valence electrons. The minimum Gasteiger partial charge on any atom is -0.318 e. The Labute approximate surface area is 155 Å². The van der Waals surface area contributed by atoms with Crippen LogP contribution in [0.1, 0.15) is 22.8 Å². The number of nitrogens with one attached hydrogen (secondary N) is 2. The van der Waals surface area contributed by atoms with E-state index < -0.39 is 18.0 Å². The fraction of sp³-hybridized carbons (Fsp3) is 0.118. The van der Waals surface area contributed by atoms with Crippen LogP contribution in [0.5, 0.6) is 0 Å². The summed E-state index contributed by atoms with van der Waals surface area (Å²) in [5.41, 5.74) is 3.84. The Morgan fingerprint density at radius 3 is 2.27 bits per heavy atom. The van der Waals surface area contributed by atoms with Gasteiger partial charge in [0.25, 0.3) is 5.91 Å². The quantitative estimate of drug-likeness (QED) is 0.569. The van der Waals surface area contributed by atoms with Crippen LogP contribution < -0.4 is 10.7 Å². The van der Waals surface area contributed by atoms with Crippen LogP contribution in [0.15, 0.2) is 58.1 Å². The Hall–Kier alpha value is -2.68. The van der Waals surface area contributed by atoms with E-state index in [9.17, 15) is 22.8 Å². The third kappa shape index (κ3) is 5.41. The molecule has 9 heteroatoms. The van der Waals surface area contributed by atoms with Crippen molar-refractivity contribution in [2.75, 3.05) is 5.32 Å². The van der Waals surface area contributed by atoms with Gasteiger partial charge >= 0.3 is 12.1 Å². The number of benzene rings is 2. The molecular weight excluding hydrogens is 415 g/mol. The number of anilines is 1. The number of halogens is 4. The lowest BCUT2D eigenvalue weighted by molar-refractivity contribution is -0.167. The van der Waals surface area contributed by atoms with Gasteiger partial charge in [0.1, 0.15) is 0 Å². The lowest BCUT2D eigenvalue weighted by atomic mass is 10.1. The maximum Gasteiger partial charge on any atom is 0.471 e. The Morgan fingerprint density at radius 2 is 1.69 bits per heavy atom. The van der Waals surface area contributed by atoms with Crippen LogP contribution in [-0.4, -0.2) is 23.7 Å². The van der Waals surface area contributed by atoms with Crippen molar-refractivity contribution in [3.8, 4) is 0 Å². The van der Waals surface area contributed by atoms with Crippen molar-refractivity contribution in [1.82, 2.24) is 5.43 Å². The molecule has 26 heavy (non-hydrogen) atoms. The predicted octanol–water partition coefficient (Wildman–Crippen LogP) is 4.10. The van der Waals surface area contributed by atoms with E-state index in [1.165, 1.54) is 24.3 Å². The number of amides is 2. The number of nitrogens with zero attached hydrogens (tertiary/aromatic N) is 1. The van der Waals surface area contributed by atoms with Crippen molar-refractivity contribution >= 4 is 39.1 Å². The van der Waals surface area contributed by atoms with Gasteiger partial charge < -0.3 is 5.32 Å². The molecule has 0 saturated carbocycles. The predicted molar refractivity (Wildman–Crippen MR) is 94.9 cm³/mol. The Balaban J connectivity index is 2.03. The van der Waals surface area contributed by atoms with Crippen LogP contribution in [0.25, 0.3) is 0 Å². The third-order valence-corrected chi connectivity index (χ3v) is 3.72. The van der Waals surface area contributed by atoms with E-state index in [0.29, 0.717) is 16.8 Å². The molecule has 0 heterocycles. The fourth-order valence-corrected chi connectivity index (χ4v) is 2.29. The highest BCUT2D eigenvalue weighted by Crippen LogP contribution is 2.18. The minimum absolute atomic E-state index is 0.00189. The lowest BCUT2D eigenvalue weighted by Crippen LogP contribution is -2.29. The normalized spacial score (nSPS) is 11.8. The van der Waals surface area contributed by atoms with Crippen LogP contribution in [0.4, 0.5) is 18.9 Å². The first-order valence-corrected chi connectivity index (χ1v) is 8.05. The van der Waals surface area contributed by atoms with E-state index >= 15 is 0 Å². The van der Waals surface area contributed by atoms with E-state index in [4.69, 9.17) is 0 Å². The second-order valence-corrected chi connectivity index (χ2v) is 6.09. The Bertz CT molecular complexity index is 849. The van der Waals surface area contributed by atoms with Gasteiger partial charge in [-0.15, -0.1) is 0 Å². The van der Waals surface area contributed by atoms with E-state index in [2.05, 4.69) is 26.5 Å². The van der Waals surface area contributed by atoms with Crippen molar-refractivity contribution in [3.05, 3.63) is 64.1 Å². The summed E-state index contributed by atoms with van der Waals surface area (Å²) in [6, 6.07) is 12.4. The number of carbonyl (C=O) groups is 2. The summed E-state index contributed by atoms with van der Waals surface area (Å²) >= 11 is 3.27. The zero-order valence-electron chi connectivity index (χ0n) is 13.4. The molecule has 0 aliphatic carbocycles. The lowest BCUT2D eigenvalue weighted by Gasteiger charge is -2.08. The van der Waals surface area contributed by atoms with E-state index in [1.54, 1.807) is 36.5 Å². The third-order valence-electron chi connectivity index (χ3n) is 3.23. The molecule has 0 bridgehead atoms. The Kier molecular flexibility index (Phi) is 6.14. The number of hydrogen-bond donors (Lipinski definition) is 2. The molecule has 0 aromatic heterocycles. The molecule has 2 amide bonds. The molecule has 0 aliphatic heterocycles. The minimum atomic E-state index is -4.95. The monoisotopic (exact) mass is 427 g/mol. The second-order valence-electron chi connectivity index (χ2n) is 5.18. The van der Waals surface area contributed by atoms with Crippen LogP contribution >= 0.6 is 15.9 Å². The molecule has 2 rings (SSSR count). The number of alkyl halides is 3. The average Bonchev–Trinajstić information content (AvgIpc) is 2.59. The molecule has 2 aromatic rings. The number of hydrazone groups is 1.